The molecule has 374 valence electrons. The molecule has 4 atom stereocenters. The number of piperidine rings is 2. The predicted molar refractivity (Wildman–Crippen MR) is 271 cm³/mol. The quantitative estimate of drug-likeness (QED) is 0.181. The fourth-order valence-electron chi connectivity index (χ4n) is 12.9. The number of imide groups is 1. The van der Waals surface area contributed by atoms with Gasteiger partial charge in [-0.3, -0.25) is 39.1 Å². The lowest BCUT2D eigenvalue weighted by Crippen LogP contribution is -2.58. The molecule has 0 bridgehead atoms. The maximum atomic E-state index is 14.0. The molecule has 10 heterocycles. The normalized spacial score (nSPS) is 23.7. The molecule has 4 amide bonds. The van der Waals surface area contributed by atoms with Gasteiger partial charge in [0.15, 0.2) is 0 Å². The smallest absolute Gasteiger partial charge is 0.276 e. The van der Waals surface area contributed by atoms with Crippen LogP contribution in [0.4, 0.5) is 28.7 Å². The van der Waals surface area contributed by atoms with Crippen LogP contribution in [-0.4, -0.2) is 121 Å². The van der Waals surface area contributed by atoms with E-state index < -0.39 is 11.9 Å². The zero-order chi connectivity index (χ0) is 49.7. The van der Waals surface area contributed by atoms with Gasteiger partial charge in [0.25, 0.3) is 17.4 Å². The average Bonchev–Trinajstić information content (AvgIpc) is 3.93. The number of aliphatic hydroxyl groups excluding tert-OH is 1. The first-order chi connectivity index (χ1) is 34.7. The number of aliphatic hydroxyl groups is 1. The Morgan fingerprint density at radius 3 is 2.51 bits per heavy atom. The van der Waals surface area contributed by atoms with Crippen molar-refractivity contribution in [1.29, 1.82) is 0 Å². The molecule has 1 aromatic carbocycles. The van der Waals surface area contributed by atoms with Crippen molar-refractivity contribution in [2.24, 2.45) is 12.5 Å². The SMILES string of the molecule is C[C@@H]1CN([C@H]2CCN3c4cc5c(cc4OCC[C@@H]3C2)C(=O)N(C2CCC(=O)NC2=O)C5)CCN1c1ccc(Nc2cc(-c3ccnc(N4CCn5c(cc6c5CC(C)(C)C6)C4=O)c3CO)cn(C)c2=O)nc1. The summed E-state index contributed by atoms with van der Waals surface area (Å²) in [6, 6.07) is 13.8. The van der Waals surface area contributed by atoms with E-state index in [2.05, 4.69) is 61.7 Å². The summed E-state index contributed by atoms with van der Waals surface area (Å²) < 4.78 is 9.99. The van der Waals surface area contributed by atoms with E-state index >= 15 is 0 Å². The number of fused-ring (bicyclic) bond motifs is 7. The zero-order valence-electron chi connectivity index (χ0n) is 41.3. The van der Waals surface area contributed by atoms with Crippen LogP contribution in [0.25, 0.3) is 11.1 Å². The highest BCUT2D eigenvalue weighted by atomic mass is 16.5. The van der Waals surface area contributed by atoms with Crippen molar-refractivity contribution in [1.82, 2.24) is 34.2 Å². The number of aromatic nitrogens is 4. The molecular formula is C54H61N11O7. The Bertz CT molecular complexity index is 3130. The standard InChI is InChI=1S/C54H61N11O7/c1-31-27-60(35-10-13-62-36(22-35)11-18-72-46-23-39-34(21-43(46)62)29-65(51(39)69)42-6-8-48(67)58-50(42)68)14-15-61(31)37-5-7-47(56-26-37)57-41-19-33(28-59(4)52(41)70)38-9-12-55-49(40(38)30-66)64-17-16-63-44(53(64)71)20-32-24-54(2,3)25-45(32)63/h5,7,9,12,19-21,23,26,28,31,35-36,42,66H,6,8,10-11,13-18,22,24-25,27,29-30H2,1-4H3,(H,56,57)(H,58,67,68)/t31-,35+,36-,42?/m1/s1. The number of benzene rings is 1. The number of ether oxygens (including phenoxy) is 1. The maximum Gasteiger partial charge on any atom is 0.276 e. The van der Waals surface area contributed by atoms with Gasteiger partial charge in [-0.15, -0.1) is 0 Å². The van der Waals surface area contributed by atoms with Crippen LogP contribution < -0.4 is 35.6 Å². The van der Waals surface area contributed by atoms with Crippen LogP contribution >= 0.6 is 0 Å². The number of hydrogen-bond acceptors (Lipinski definition) is 13. The molecule has 5 aromatic rings. The second-order valence-electron chi connectivity index (χ2n) is 21.6. The molecule has 0 saturated carbocycles. The van der Waals surface area contributed by atoms with Crippen LogP contribution in [-0.2, 0) is 49.2 Å². The van der Waals surface area contributed by atoms with Crippen LogP contribution in [0.2, 0.25) is 0 Å². The van der Waals surface area contributed by atoms with Crippen molar-refractivity contribution in [2.45, 2.75) is 110 Å². The van der Waals surface area contributed by atoms with E-state index in [0.29, 0.717) is 89.7 Å². The Balaban J connectivity index is 0.694. The van der Waals surface area contributed by atoms with Gasteiger partial charge in [0.05, 0.1) is 30.8 Å². The van der Waals surface area contributed by atoms with E-state index in [1.807, 2.05) is 36.5 Å². The van der Waals surface area contributed by atoms with E-state index in [-0.39, 0.29) is 53.8 Å². The van der Waals surface area contributed by atoms with Gasteiger partial charge in [-0.05, 0) is 104 Å². The highest BCUT2D eigenvalue weighted by molar-refractivity contribution is 6.07. The maximum absolute atomic E-state index is 14.0. The molecule has 7 aliphatic rings. The molecule has 3 saturated heterocycles. The lowest BCUT2D eigenvalue weighted by Gasteiger charge is -2.48. The Kier molecular flexibility index (Phi) is 11.3. The second-order valence-corrected chi connectivity index (χ2v) is 21.6. The van der Waals surface area contributed by atoms with Gasteiger partial charge in [0.2, 0.25) is 11.8 Å². The van der Waals surface area contributed by atoms with E-state index in [0.717, 1.165) is 75.2 Å². The molecule has 0 spiro atoms. The summed E-state index contributed by atoms with van der Waals surface area (Å²) in [6.07, 6.45) is 10.6. The minimum atomic E-state index is -0.657. The largest absolute Gasteiger partial charge is 0.491 e. The first-order valence-corrected chi connectivity index (χ1v) is 25.5. The van der Waals surface area contributed by atoms with Gasteiger partial charge in [-0.25, -0.2) is 9.97 Å². The summed E-state index contributed by atoms with van der Waals surface area (Å²) in [5, 5.41) is 16.5. The van der Waals surface area contributed by atoms with E-state index in [1.54, 1.807) is 35.3 Å². The Morgan fingerprint density at radius 2 is 1.72 bits per heavy atom. The third-order valence-electron chi connectivity index (χ3n) is 16.4. The van der Waals surface area contributed by atoms with Gasteiger partial charge in [0, 0.05) is 119 Å². The lowest BCUT2D eigenvalue weighted by atomic mass is 9.90. The molecule has 72 heavy (non-hydrogen) atoms. The minimum Gasteiger partial charge on any atom is -0.491 e. The third kappa shape index (κ3) is 7.89. The van der Waals surface area contributed by atoms with Crippen LogP contribution in [0.3, 0.4) is 0 Å². The van der Waals surface area contributed by atoms with Gasteiger partial charge >= 0.3 is 0 Å². The highest BCUT2D eigenvalue weighted by Gasteiger charge is 2.43. The molecule has 18 nitrogen and oxygen atoms in total. The summed E-state index contributed by atoms with van der Waals surface area (Å²) in [6.45, 7) is 12.0. The summed E-state index contributed by atoms with van der Waals surface area (Å²) in [5.74, 6) is 0.629. The monoisotopic (exact) mass is 975 g/mol. The summed E-state index contributed by atoms with van der Waals surface area (Å²) >= 11 is 0. The van der Waals surface area contributed by atoms with E-state index in [9.17, 15) is 29.1 Å². The summed E-state index contributed by atoms with van der Waals surface area (Å²) in [5.41, 5.74) is 8.78. The van der Waals surface area contributed by atoms with Crippen LogP contribution in [0.15, 0.2) is 65.8 Å². The number of pyridine rings is 3. The molecule has 18 heteroatoms. The first-order valence-electron chi connectivity index (χ1n) is 25.5. The lowest BCUT2D eigenvalue weighted by molar-refractivity contribution is -0.136. The molecular weight excluding hydrogens is 915 g/mol. The third-order valence-corrected chi connectivity index (χ3v) is 16.4. The Morgan fingerprint density at radius 1 is 0.861 bits per heavy atom. The number of amides is 4. The van der Waals surface area contributed by atoms with Gasteiger partial charge < -0.3 is 39.0 Å². The zero-order valence-corrected chi connectivity index (χ0v) is 41.3. The molecule has 1 aliphatic carbocycles. The van der Waals surface area contributed by atoms with Crippen molar-refractivity contribution >= 4 is 52.3 Å². The van der Waals surface area contributed by atoms with Crippen molar-refractivity contribution in [3.05, 3.63) is 105 Å². The molecule has 1 unspecified atom stereocenters. The number of nitrogens with one attached hydrogen (secondary N) is 2. The number of rotatable bonds is 8. The summed E-state index contributed by atoms with van der Waals surface area (Å²) in [7, 11) is 1.70. The number of nitrogens with zero attached hydrogens (tertiary/aromatic N) is 9. The first kappa shape index (κ1) is 46.0. The molecule has 0 radical (unpaired) electrons. The van der Waals surface area contributed by atoms with Crippen LogP contribution in [0.5, 0.6) is 5.75 Å². The highest BCUT2D eigenvalue weighted by Crippen LogP contribution is 2.44. The van der Waals surface area contributed by atoms with Gasteiger partial charge in [-0.1, -0.05) is 13.8 Å². The van der Waals surface area contributed by atoms with Crippen molar-refractivity contribution in [3.8, 4) is 16.9 Å². The Hall–Kier alpha value is -7.05. The number of carbonyl (C=O) groups is 4. The summed E-state index contributed by atoms with van der Waals surface area (Å²) in [4.78, 5) is 85.8. The van der Waals surface area contributed by atoms with Crippen LogP contribution in [0, 0.1) is 5.41 Å². The number of piperazine rings is 1. The van der Waals surface area contributed by atoms with Gasteiger partial charge in [0.1, 0.15) is 34.8 Å². The van der Waals surface area contributed by atoms with Crippen molar-refractivity contribution in [2.75, 3.05) is 59.3 Å². The average molecular weight is 976 g/mol. The second kappa shape index (κ2) is 17.6. The fourth-order valence-corrected chi connectivity index (χ4v) is 12.9. The number of hydrogen-bond donors (Lipinski definition) is 3. The molecule has 6 aliphatic heterocycles. The topological polar surface area (TPSA) is 191 Å². The number of aryl methyl sites for hydroxylation is 1. The van der Waals surface area contributed by atoms with E-state index in [1.165, 1.54) is 15.8 Å². The predicted octanol–water partition coefficient (Wildman–Crippen LogP) is 4.76. The molecule has 3 N–H and O–H groups in total. The number of anilines is 5. The van der Waals surface area contributed by atoms with Crippen LogP contribution in [0.1, 0.15) is 96.1 Å². The number of carbonyl (C=O) groups excluding carboxylic acids is 4. The van der Waals surface area contributed by atoms with Crippen molar-refractivity contribution in [3.63, 3.8) is 0 Å². The molecule has 12 rings (SSSR count). The molecule has 3 fully saturated rings. The van der Waals surface area contributed by atoms with Gasteiger partial charge in [-0.2, -0.15) is 0 Å². The molecule has 4 aromatic heterocycles. The van der Waals surface area contributed by atoms with E-state index in [4.69, 9.17) is 9.72 Å². The minimum absolute atomic E-state index is 0.130. The van der Waals surface area contributed by atoms with Crippen molar-refractivity contribution < 1.29 is 29.0 Å². The fraction of sp³-hybridized carbons (Fsp3) is 0.463. The Labute approximate surface area is 417 Å².